The molecule has 2 N–H and O–H groups in total. The first kappa shape index (κ1) is 12.9. The van der Waals surface area contributed by atoms with Gasteiger partial charge in [-0.1, -0.05) is 19.9 Å². The monoisotopic (exact) mass is 246 g/mol. The first-order chi connectivity index (χ1) is 8.39. The van der Waals surface area contributed by atoms with E-state index < -0.39 is 0 Å². The van der Waals surface area contributed by atoms with Gasteiger partial charge in [-0.3, -0.25) is 4.79 Å². The van der Waals surface area contributed by atoms with Gasteiger partial charge in [-0.2, -0.15) is 0 Å². The van der Waals surface area contributed by atoms with Crippen molar-refractivity contribution < 1.29 is 4.79 Å². The summed E-state index contributed by atoms with van der Waals surface area (Å²) in [5.41, 5.74) is 8.40. The molecule has 18 heavy (non-hydrogen) atoms. The summed E-state index contributed by atoms with van der Waals surface area (Å²) in [6, 6.07) is 5.54. The number of nitrogens with zero attached hydrogens (tertiary/aromatic N) is 1. The van der Waals surface area contributed by atoms with Crippen LogP contribution in [0.4, 0.5) is 5.69 Å². The third kappa shape index (κ3) is 2.66. The number of nitrogens with two attached hydrogens (primary N) is 1. The number of amides is 1. The molecule has 1 aliphatic heterocycles. The standard InChI is InChI=1S/C15H22N2O/c1-11-5-6-12(16)9-13(11)14(18)17-8-4-7-15(2,3)10-17/h5-6,9H,4,7-8,10,16H2,1-3H3. The van der Waals surface area contributed by atoms with E-state index in [9.17, 15) is 4.79 Å². The van der Waals surface area contributed by atoms with E-state index in [1.807, 2.05) is 24.0 Å². The van der Waals surface area contributed by atoms with Crippen molar-refractivity contribution in [3.05, 3.63) is 29.3 Å². The average Bonchev–Trinajstić information content (AvgIpc) is 2.30. The predicted molar refractivity (Wildman–Crippen MR) is 74.5 cm³/mol. The summed E-state index contributed by atoms with van der Waals surface area (Å²) in [6.45, 7) is 8.09. The highest BCUT2D eigenvalue weighted by molar-refractivity contribution is 5.96. The number of aryl methyl sites for hydroxylation is 1. The Labute approximate surface area is 109 Å². The van der Waals surface area contributed by atoms with E-state index in [1.54, 1.807) is 6.07 Å². The maximum atomic E-state index is 12.5. The summed E-state index contributed by atoms with van der Waals surface area (Å²) in [5.74, 6) is 0.118. The minimum absolute atomic E-state index is 0.118. The van der Waals surface area contributed by atoms with Crippen molar-refractivity contribution in [3.8, 4) is 0 Å². The van der Waals surface area contributed by atoms with E-state index in [0.717, 1.165) is 30.6 Å². The quantitative estimate of drug-likeness (QED) is 0.774. The van der Waals surface area contributed by atoms with Gasteiger partial charge in [0.2, 0.25) is 0 Å². The van der Waals surface area contributed by atoms with Crippen molar-refractivity contribution in [2.24, 2.45) is 5.41 Å². The number of likely N-dealkylation sites (tertiary alicyclic amines) is 1. The van der Waals surface area contributed by atoms with E-state index in [4.69, 9.17) is 5.73 Å². The number of nitrogen functional groups attached to an aromatic ring is 1. The topological polar surface area (TPSA) is 46.3 Å². The van der Waals surface area contributed by atoms with Crippen LogP contribution in [-0.4, -0.2) is 23.9 Å². The van der Waals surface area contributed by atoms with Crippen LogP contribution in [-0.2, 0) is 0 Å². The molecule has 0 aliphatic carbocycles. The Bertz CT molecular complexity index is 466. The Morgan fingerprint density at radius 2 is 2.11 bits per heavy atom. The molecule has 1 amide bonds. The fraction of sp³-hybridized carbons (Fsp3) is 0.533. The Balaban J connectivity index is 2.23. The van der Waals surface area contributed by atoms with Crippen molar-refractivity contribution in [2.45, 2.75) is 33.6 Å². The Kier molecular flexibility index (Phi) is 3.33. The van der Waals surface area contributed by atoms with Gasteiger partial charge < -0.3 is 10.6 Å². The molecule has 0 radical (unpaired) electrons. The molecule has 1 saturated heterocycles. The molecule has 0 spiro atoms. The maximum Gasteiger partial charge on any atom is 0.254 e. The molecule has 2 rings (SSSR count). The largest absolute Gasteiger partial charge is 0.399 e. The van der Waals surface area contributed by atoms with Crippen LogP contribution in [0.2, 0.25) is 0 Å². The Morgan fingerprint density at radius 1 is 1.39 bits per heavy atom. The van der Waals surface area contributed by atoms with Crippen LogP contribution < -0.4 is 5.73 Å². The predicted octanol–water partition coefficient (Wildman–Crippen LogP) is 2.84. The van der Waals surface area contributed by atoms with Crippen molar-refractivity contribution >= 4 is 11.6 Å². The molecule has 0 saturated carbocycles. The maximum absolute atomic E-state index is 12.5. The van der Waals surface area contributed by atoms with E-state index in [1.165, 1.54) is 6.42 Å². The molecular formula is C15H22N2O. The molecule has 0 bridgehead atoms. The summed E-state index contributed by atoms with van der Waals surface area (Å²) in [4.78, 5) is 14.5. The van der Waals surface area contributed by atoms with Gasteiger partial charge >= 0.3 is 0 Å². The Hall–Kier alpha value is -1.51. The van der Waals surface area contributed by atoms with Crippen LogP contribution in [0.1, 0.15) is 42.6 Å². The molecule has 1 fully saturated rings. The van der Waals surface area contributed by atoms with Gasteiger partial charge in [-0.15, -0.1) is 0 Å². The van der Waals surface area contributed by atoms with Gasteiger partial charge in [0.05, 0.1) is 0 Å². The molecule has 3 nitrogen and oxygen atoms in total. The van der Waals surface area contributed by atoms with Gasteiger partial charge in [0, 0.05) is 24.3 Å². The lowest BCUT2D eigenvalue weighted by molar-refractivity contribution is 0.0583. The SMILES string of the molecule is Cc1ccc(N)cc1C(=O)N1CCCC(C)(C)C1. The van der Waals surface area contributed by atoms with Crippen molar-refractivity contribution in [2.75, 3.05) is 18.8 Å². The zero-order chi connectivity index (χ0) is 13.3. The van der Waals surface area contributed by atoms with Crippen molar-refractivity contribution in [1.82, 2.24) is 4.90 Å². The highest BCUT2D eigenvalue weighted by atomic mass is 16.2. The van der Waals surface area contributed by atoms with E-state index in [0.29, 0.717) is 5.69 Å². The zero-order valence-corrected chi connectivity index (χ0v) is 11.5. The third-order valence-electron chi connectivity index (χ3n) is 3.68. The fourth-order valence-corrected chi connectivity index (χ4v) is 2.64. The second kappa shape index (κ2) is 4.63. The smallest absolute Gasteiger partial charge is 0.254 e. The van der Waals surface area contributed by atoms with Crippen molar-refractivity contribution in [3.63, 3.8) is 0 Å². The first-order valence-electron chi connectivity index (χ1n) is 6.54. The molecule has 1 aliphatic rings. The normalized spacial score (nSPS) is 18.7. The van der Waals surface area contributed by atoms with Crippen LogP contribution in [0.3, 0.4) is 0 Å². The molecule has 98 valence electrons. The van der Waals surface area contributed by atoms with Gasteiger partial charge in [0.25, 0.3) is 5.91 Å². The number of anilines is 1. The fourth-order valence-electron chi connectivity index (χ4n) is 2.64. The molecule has 1 heterocycles. The number of rotatable bonds is 1. The highest BCUT2D eigenvalue weighted by Crippen LogP contribution is 2.29. The molecule has 1 aromatic rings. The van der Waals surface area contributed by atoms with Crippen LogP contribution in [0, 0.1) is 12.3 Å². The second-order valence-corrected chi connectivity index (χ2v) is 6.07. The average molecular weight is 246 g/mol. The Morgan fingerprint density at radius 3 is 2.78 bits per heavy atom. The lowest BCUT2D eigenvalue weighted by atomic mass is 9.84. The van der Waals surface area contributed by atoms with E-state index in [-0.39, 0.29) is 11.3 Å². The lowest BCUT2D eigenvalue weighted by Crippen LogP contribution is -2.43. The molecule has 0 atom stereocenters. The number of hydrogen-bond acceptors (Lipinski definition) is 2. The number of benzene rings is 1. The van der Waals surface area contributed by atoms with E-state index in [2.05, 4.69) is 13.8 Å². The van der Waals surface area contributed by atoms with Gasteiger partial charge in [-0.25, -0.2) is 0 Å². The minimum atomic E-state index is 0.118. The second-order valence-electron chi connectivity index (χ2n) is 6.07. The number of hydrogen-bond donors (Lipinski definition) is 1. The van der Waals surface area contributed by atoms with Gasteiger partial charge in [-0.05, 0) is 42.9 Å². The third-order valence-corrected chi connectivity index (χ3v) is 3.68. The first-order valence-corrected chi connectivity index (χ1v) is 6.54. The van der Waals surface area contributed by atoms with Crippen LogP contribution in [0.15, 0.2) is 18.2 Å². The molecule has 0 unspecified atom stereocenters. The molecule has 3 heteroatoms. The van der Waals surface area contributed by atoms with Gasteiger partial charge in [0.1, 0.15) is 0 Å². The molecular weight excluding hydrogens is 224 g/mol. The summed E-state index contributed by atoms with van der Waals surface area (Å²) in [7, 11) is 0. The number of carbonyl (C=O) groups excluding carboxylic acids is 1. The number of carbonyl (C=O) groups is 1. The number of piperidine rings is 1. The summed E-state index contributed by atoms with van der Waals surface area (Å²) in [5, 5.41) is 0. The lowest BCUT2D eigenvalue weighted by Gasteiger charge is -2.38. The van der Waals surface area contributed by atoms with E-state index >= 15 is 0 Å². The minimum Gasteiger partial charge on any atom is -0.399 e. The summed E-state index contributed by atoms with van der Waals surface area (Å²) in [6.07, 6.45) is 2.27. The zero-order valence-electron chi connectivity index (χ0n) is 11.5. The highest BCUT2D eigenvalue weighted by Gasteiger charge is 2.30. The summed E-state index contributed by atoms with van der Waals surface area (Å²) < 4.78 is 0. The van der Waals surface area contributed by atoms with Crippen LogP contribution >= 0.6 is 0 Å². The molecule has 0 aromatic heterocycles. The summed E-state index contributed by atoms with van der Waals surface area (Å²) >= 11 is 0. The van der Waals surface area contributed by atoms with Crippen molar-refractivity contribution in [1.29, 1.82) is 0 Å². The van der Waals surface area contributed by atoms with Crippen LogP contribution in [0.25, 0.3) is 0 Å². The van der Waals surface area contributed by atoms with Crippen LogP contribution in [0.5, 0.6) is 0 Å². The van der Waals surface area contributed by atoms with Gasteiger partial charge in [0.15, 0.2) is 0 Å². The molecule has 1 aromatic carbocycles.